The Labute approximate surface area is 262 Å². The maximum absolute atomic E-state index is 9.12. The maximum Gasteiger partial charge on any atom is 0.238 e. The topological polar surface area (TPSA) is 43.6 Å². The Kier molecular flexibility index (Phi) is 4.20. The van der Waals surface area contributed by atoms with Gasteiger partial charge in [0.2, 0.25) is 5.95 Å². The van der Waals surface area contributed by atoms with Gasteiger partial charge in [0, 0.05) is 27.5 Å². The van der Waals surface area contributed by atoms with E-state index in [1.54, 1.807) is 18.2 Å². The molecule has 0 N–H and O–H groups in total. The van der Waals surface area contributed by atoms with E-state index in [9.17, 15) is 0 Å². The normalized spacial score (nSPS) is 14.2. The number of rotatable bonds is 5. The Morgan fingerprint density at radius 2 is 1.09 bits per heavy atom. The highest BCUT2D eigenvalue weighted by Gasteiger charge is 2.20. The van der Waals surface area contributed by atoms with E-state index in [2.05, 4.69) is 0 Å². The number of aromatic nitrogens is 4. The lowest BCUT2D eigenvalue weighted by Gasteiger charge is -2.13. The second-order valence-corrected chi connectivity index (χ2v) is 9.86. The maximum atomic E-state index is 9.12. The highest BCUT2D eigenvalue weighted by atomic mass is 15.2. The van der Waals surface area contributed by atoms with Crippen molar-refractivity contribution in [3.05, 3.63) is 158 Å². The molecule has 0 saturated carbocycles. The van der Waals surface area contributed by atoms with E-state index in [0.29, 0.717) is 22.3 Å². The molecule has 0 spiro atoms. The third kappa shape index (κ3) is 4.46. The van der Waals surface area contributed by atoms with Crippen LogP contribution < -0.4 is 0 Å². The lowest BCUT2D eigenvalue weighted by molar-refractivity contribution is 0.954. The number of para-hydroxylation sites is 2. The van der Waals surface area contributed by atoms with Gasteiger partial charge in [-0.3, -0.25) is 4.57 Å². The summed E-state index contributed by atoms with van der Waals surface area (Å²) in [5, 5.41) is 0.533. The Morgan fingerprint density at radius 3 is 1.88 bits per heavy atom. The Balaban J connectivity index is 1.53. The highest BCUT2D eigenvalue weighted by Crippen LogP contribution is 2.38. The van der Waals surface area contributed by atoms with Crippen molar-refractivity contribution >= 4 is 21.8 Å². The molecule has 202 valence electrons. The predicted molar refractivity (Wildman–Crippen MR) is 176 cm³/mol. The van der Waals surface area contributed by atoms with Crippen LogP contribution in [0.1, 0.15) is 12.3 Å². The standard InChI is InChI=1S/C39H26N4/c1-4-14-27(15-5-1)30-20-12-21-31(26-30)38-40-37(29-18-8-3-9-19-29)41-39(42-38)43-35-25-11-10-22-33(35)34-24-13-23-32(36(34)43)28-16-6-2-7-17-28/h1-26H/i2D,6D,7D,10D,11D,16D,17D,22D,25D. The summed E-state index contributed by atoms with van der Waals surface area (Å²) < 4.78 is 79.5. The van der Waals surface area contributed by atoms with Crippen LogP contribution >= 0.6 is 0 Å². The monoisotopic (exact) mass is 559 g/mol. The van der Waals surface area contributed by atoms with Crippen molar-refractivity contribution in [2.45, 2.75) is 0 Å². The molecule has 6 aromatic carbocycles. The van der Waals surface area contributed by atoms with Gasteiger partial charge in [-0.2, -0.15) is 9.97 Å². The van der Waals surface area contributed by atoms with Crippen LogP contribution in [0.2, 0.25) is 0 Å². The van der Waals surface area contributed by atoms with Gasteiger partial charge in [0.1, 0.15) is 0 Å². The van der Waals surface area contributed by atoms with E-state index < -0.39 is 42.3 Å². The first-order valence-electron chi connectivity index (χ1n) is 18.1. The molecule has 0 amide bonds. The van der Waals surface area contributed by atoms with Crippen LogP contribution in [0.25, 0.3) is 72.8 Å². The summed E-state index contributed by atoms with van der Waals surface area (Å²) in [6, 6.07) is 27.7. The van der Waals surface area contributed by atoms with Crippen molar-refractivity contribution in [2.24, 2.45) is 0 Å². The lowest BCUT2D eigenvalue weighted by atomic mass is 10.0. The molecule has 2 heterocycles. The summed E-state index contributed by atoms with van der Waals surface area (Å²) in [7, 11) is 0. The molecule has 0 aliphatic heterocycles. The van der Waals surface area contributed by atoms with Crippen LogP contribution in [-0.4, -0.2) is 19.5 Å². The van der Waals surface area contributed by atoms with Crippen LogP contribution in [-0.2, 0) is 0 Å². The van der Waals surface area contributed by atoms with Crippen molar-refractivity contribution < 1.29 is 12.3 Å². The van der Waals surface area contributed by atoms with E-state index in [1.165, 1.54) is 4.57 Å². The second kappa shape index (κ2) is 10.5. The minimum atomic E-state index is -0.543. The molecule has 8 aromatic rings. The van der Waals surface area contributed by atoms with E-state index in [4.69, 9.17) is 27.3 Å². The lowest BCUT2D eigenvalue weighted by Crippen LogP contribution is -2.07. The van der Waals surface area contributed by atoms with Gasteiger partial charge in [-0.05, 0) is 28.8 Å². The molecular formula is C39H26N4. The molecule has 0 fully saturated rings. The first-order chi connectivity index (χ1) is 25.1. The molecule has 4 heteroatoms. The minimum Gasteiger partial charge on any atom is -0.277 e. The van der Waals surface area contributed by atoms with E-state index in [1.807, 2.05) is 84.9 Å². The van der Waals surface area contributed by atoms with E-state index in [-0.39, 0.29) is 51.4 Å². The van der Waals surface area contributed by atoms with Gasteiger partial charge in [0.05, 0.1) is 23.4 Å². The Hall–Kier alpha value is -5.87. The predicted octanol–water partition coefficient (Wildman–Crippen LogP) is 9.64. The van der Waals surface area contributed by atoms with Gasteiger partial charge in [-0.25, -0.2) is 4.98 Å². The number of fused-ring (bicyclic) bond motifs is 3. The zero-order valence-corrected chi connectivity index (χ0v) is 22.6. The van der Waals surface area contributed by atoms with Crippen LogP contribution in [0.15, 0.2) is 158 Å². The van der Waals surface area contributed by atoms with Gasteiger partial charge in [0.25, 0.3) is 0 Å². The third-order valence-corrected chi connectivity index (χ3v) is 7.27. The third-order valence-electron chi connectivity index (χ3n) is 7.27. The molecule has 0 unspecified atom stereocenters. The molecule has 0 aliphatic rings. The molecule has 0 aliphatic carbocycles. The molecule has 43 heavy (non-hydrogen) atoms. The first kappa shape index (κ1) is 17.2. The summed E-state index contributed by atoms with van der Waals surface area (Å²) in [5.74, 6) is 0.596. The molecule has 0 atom stereocenters. The molecule has 8 rings (SSSR count). The van der Waals surface area contributed by atoms with Crippen molar-refractivity contribution in [1.29, 1.82) is 0 Å². The summed E-state index contributed by atoms with van der Waals surface area (Å²) >= 11 is 0. The average Bonchev–Trinajstić information content (AvgIpc) is 3.54. The molecule has 0 radical (unpaired) electrons. The number of hydrogen-bond acceptors (Lipinski definition) is 3. The second-order valence-electron chi connectivity index (χ2n) is 9.86. The SMILES string of the molecule is [2H]c1c([2H])c([2H])c(-c2cccc3c4c([2H])c([2H])c([2H])c([2H])c4n(-c4nc(-c5ccccc5)nc(-c5cccc(-c6ccccc6)c5)n4)c23)c([2H])c1[2H]. The van der Waals surface area contributed by atoms with E-state index >= 15 is 0 Å². The quantitative estimate of drug-likeness (QED) is 0.211. The first-order valence-corrected chi connectivity index (χ1v) is 13.6. The number of benzene rings is 6. The summed E-state index contributed by atoms with van der Waals surface area (Å²) in [6.07, 6.45) is 0. The van der Waals surface area contributed by atoms with Gasteiger partial charge >= 0.3 is 0 Å². The zero-order chi connectivity index (χ0) is 36.4. The van der Waals surface area contributed by atoms with Crippen LogP contribution in [0, 0.1) is 0 Å². The van der Waals surface area contributed by atoms with Crippen molar-refractivity contribution in [3.8, 4) is 51.0 Å². The largest absolute Gasteiger partial charge is 0.277 e. The zero-order valence-electron chi connectivity index (χ0n) is 31.6. The summed E-state index contributed by atoms with van der Waals surface area (Å²) in [6.45, 7) is 0. The fourth-order valence-electron chi connectivity index (χ4n) is 5.33. The smallest absolute Gasteiger partial charge is 0.238 e. The Bertz CT molecular complexity index is 2700. The molecule has 4 nitrogen and oxygen atoms in total. The minimum absolute atomic E-state index is 0.0128. The molecule has 0 saturated heterocycles. The fraction of sp³-hybridized carbons (Fsp3) is 0. The van der Waals surface area contributed by atoms with Gasteiger partial charge in [-0.15, -0.1) is 0 Å². The van der Waals surface area contributed by atoms with Crippen molar-refractivity contribution in [1.82, 2.24) is 19.5 Å². The van der Waals surface area contributed by atoms with Crippen LogP contribution in [0.3, 0.4) is 0 Å². The van der Waals surface area contributed by atoms with Crippen LogP contribution in [0.4, 0.5) is 0 Å². The van der Waals surface area contributed by atoms with Crippen LogP contribution in [0.5, 0.6) is 0 Å². The Morgan fingerprint density at radius 1 is 0.465 bits per heavy atom. The van der Waals surface area contributed by atoms with E-state index in [0.717, 1.165) is 11.1 Å². The summed E-state index contributed by atoms with van der Waals surface area (Å²) in [4.78, 5) is 14.7. The molecule has 0 bridgehead atoms. The number of hydrogen-bond donors (Lipinski definition) is 0. The fourth-order valence-corrected chi connectivity index (χ4v) is 5.33. The summed E-state index contributed by atoms with van der Waals surface area (Å²) in [5.41, 5.74) is 3.67. The van der Waals surface area contributed by atoms with Gasteiger partial charge in [0.15, 0.2) is 11.6 Å². The van der Waals surface area contributed by atoms with Crippen molar-refractivity contribution in [2.75, 3.05) is 0 Å². The van der Waals surface area contributed by atoms with Gasteiger partial charge in [-0.1, -0.05) is 145 Å². The molecular weight excluding hydrogens is 524 g/mol. The highest BCUT2D eigenvalue weighted by molar-refractivity contribution is 6.13. The van der Waals surface area contributed by atoms with Crippen molar-refractivity contribution in [3.63, 3.8) is 0 Å². The number of nitrogens with zero attached hydrogens (tertiary/aromatic N) is 4. The average molecular weight is 560 g/mol. The van der Waals surface area contributed by atoms with Gasteiger partial charge < -0.3 is 0 Å². The molecule has 2 aromatic heterocycles.